The van der Waals surface area contributed by atoms with Gasteiger partial charge >= 0.3 is 6.03 Å². The van der Waals surface area contributed by atoms with Crippen molar-refractivity contribution in [2.75, 3.05) is 18.4 Å². The third kappa shape index (κ3) is 5.68. The standard InChI is InChI=1S/C19H25ClN4O2S/c1-5-23(6-2)18(25)16-12-27-17(22-16)11-24(13(3)4)19(26)21-15-9-7-8-14(20)10-15/h7-10,12-13H,5-6,11H2,1-4H3,(H,21,26). The van der Waals surface area contributed by atoms with Gasteiger partial charge in [-0.1, -0.05) is 17.7 Å². The van der Waals surface area contributed by atoms with E-state index in [0.717, 1.165) is 5.01 Å². The largest absolute Gasteiger partial charge is 0.338 e. The summed E-state index contributed by atoms with van der Waals surface area (Å²) in [6, 6.07) is 6.74. The van der Waals surface area contributed by atoms with Gasteiger partial charge in [0.2, 0.25) is 0 Å². The minimum Gasteiger partial charge on any atom is -0.338 e. The van der Waals surface area contributed by atoms with Gasteiger partial charge in [0, 0.05) is 35.2 Å². The SMILES string of the molecule is CCN(CC)C(=O)c1csc(CN(C(=O)Nc2cccc(Cl)c2)C(C)C)n1. The number of nitrogens with zero attached hydrogens (tertiary/aromatic N) is 3. The Bertz CT molecular complexity index is 790. The topological polar surface area (TPSA) is 65.5 Å². The molecule has 8 heteroatoms. The summed E-state index contributed by atoms with van der Waals surface area (Å²) in [6.45, 7) is 9.37. The Morgan fingerprint density at radius 3 is 2.56 bits per heavy atom. The Hall–Kier alpha value is -2.12. The van der Waals surface area contributed by atoms with Crippen LogP contribution >= 0.6 is 22.9 Å². The van der Waals surface area contributed by atoms with Crippen LogP contribution in [0.25, 0.3) is 0 Å². The molecule has 0 aliphatic rings. The van der Waals surface area contributed by atoms with E-state index >= 15 is 0 Å². The Labute approximate surface area is 169 Å². The molecule has 0 spiro atoms. The van der Waals surface area contributed by atoms with E-state index in [0.29, 0.717) is 36.0 Å². The third-order valence-corrected chi connectivity index (χ3v) is 5.16. The number of thiazole rings is 1. The zero-order valence-corrected chi connectivity index (χ0v) is 17.6. The van der Waals surface area contributed by atoms with E-state index in [9.17, 15) is 9.59 Å². The molecule has 0 radical (unpaired) electrons. The van der Waals surface area contributed by atoms with E-state index in [1.54, 1.807) is 39.4 Å². The number of aromatic nitrogens is 1. The molecule has 2 rings (SSSR count). The molecule has 0 saturated carbocycles. The number of benzene rings is 1. The van der Waals surface area contributed by atoms with E-state index in [-0.39, 0.29) is 18.0 Å². The maximum atomic E-state index is 12.7. The van der Waals surface area contributed by atoms with Crippen molar-refractivity contribution in [1.82, 2.24) is 14.8 Å². The van der Waals surface area contributed by atoms with Crippen molar-refractivity contribution in [1.29, 1.82) is 0 Å². The fourth-order valence-electron chi connectivity index (χ4n) is 2.55. The number of halogens is 1. The van der Waals surface area contributed by atoms with Crippen molar-refractivity contribution < 1.29 is 9.59 Å². The highest BCUT2D eigenvalue weighted by Gasteiger charge is 2.21. The average molecular weight is 409 g/mol. The average Bonchev–Trinajstić information content (AvgIpc) is 3.09. The molecule has 6 nitrogen and oxygen atoms in total. The normalized spacial score (nSPS) is 10.7. The number of rotatable bonds is 7. The fraction of sp³-hybridized carbons (Fsp3) is 0.421. The molecule has 2 aromatic rings. The van der Waals surface area contributed by atoms with Crippen LogP contribution in [0.4, 0.5) is 10.5 Å². The summed E-state index contributed by atoms with van der Waals surface area (Å²) in [6.07, 6.45) is 0. The van der Waals surface area contributed by atoms with Gasteiger partial charge in [0.25, 0.3) is 5.91 Å². The maximum absolute atomic E-state index is 12.7. The minimum absolute atomic E-state index is 0.0324. The monoisotopic (exact) mass is 408 g/mol. The second kappa shape index (κ2) is 9.71. The molecule has 0 fully saturated rings. The Balaban J connectivity index is 2.10. The quantitative estimate of drug-likeness (QED) is 0.720. The predicted molar refractivity (Wildman–Crippen MR) is 111 cm³/mol. The summed E-state index contributed by atoms with van der Waals surface area (Å²) in [7, 11) is 0. The van der Waals surface area contributed by atoms with Crippen molar-refractivity contribution in [2.45, 2.75) is 40.3 Å². The molecular weight excluding hydrogens is 384 g/mol. The van der Waals surface area contributed by atoms with Crippen LogP contribution in [0.5, 0.6) is 0 Å². The van der Waals surface area contributed by atoms with Gasteiger partial charge in [0.15, 0.2) is 0 Å². The first-order chi connectivity index (χ1) is 12.8. The second-order valence-electron chi connectivity index (χ2n) is 6.27. The number of hydrogen-bond acceptors (Lipinski definition) is 4. The lowest BCUT2D eigenvalue weighted by atomic mass is 10.3. The molecule has 1 aromatic heterocycles. The summed E-state index contributed by atoms with van der Waals surface area (Å²) in [4.78, 5) is 32.9. The maximum Gasteiger partial charge on any atom is 0.322 e. The summed E-state index contributed by atoms with van der Waals surface area (Å²) in [5, 5.41) is 5.89. The van der Waals surface area contributed by atoms with Gasteiger partial charge in [-0.2, -0.15) is 0 Å². The molecule has 27 heavy (non-hydrogen) atoms. The van der Waals surface area contributed by atoms with Crippen LogP contribution in [0.1, 0.15) is 43.2 Å². The van der Waals surface area contributed by atoms with Crippen LogP contribution in [0.2, 0.25) is 5.02 Å². The van der Waals surface area contributed by atoms with Crippen molar-refractivity contribution in [3.63, 3.8) is 0 Å². The highest BCUT2D eigenvalue weighted by atomic mass is 35.5. The number of urea groups is 1. The fourth-order valence-corrected chi connectivity index (χ4v) is 3.51. The Morgan fingerprint density at radius 2 is 1.96 bits per heavy atom. The van der Waals surface area contributed by atoms with E-state index in [1.807, 2.05) is 27.7 Å². The molecule has 0 unspecified atom stereocenters. The highest BCUT2D eigenvalue weighted by molar-refractivity contribution is 7.09. The molecule has 0 atom stereocenters. The predicted octanol–water partition coefficient (Wildman–Crippen LogP) is 4.72. The van der Waals surface area contributed by atoms with Crippen molar-refractivity contribution in [2.24, 2.45) is 0 Å². The van der Waals surface area contributed by atoms with E-state index in [1.165, 1.54) is 11.3 Å². The third-order valence-electron chi connectivity index (χ3n) is 4.09. The number of amides is 3. The second-order valence-corrected chi connectivity index (χ2v) is 7.65. The molecule has 146 valence electrons. The summed E-state index contributed by atoms with van der Waals surface area (Å²) in [5.74, 6) is -0.0815. The van der Waals surface area contributed by atoms with Gasteiger partial charge < -0.3 is 15.1 Å². The number of carbonyl (C=O) groups is 2. The first-order valence-electron chi connectivity index (χ1n) is 8.92. The molecule has 1 heterocycles. The van der Waals surface area contributed by atoms with E-state index in [4.69, 9.17) is 11.6 Å². The first kappa shape index (κ1) is 21.2. The number of anilines is 1. The van der Waals surface area contributed by atoms with Gasteiger partial charge in [-0.25, -0.2) is 9.78 Å². The molecule has 0 aliphatic heterocycles. The van der Waals surface area contributed by atoms with E-state index < -0.39 is 0 Å². The zero-order chi connectivity index (χ0) is 20.0. The van der Waals surface area contributed by atoms with Gasteiger partial charge in [0.05, 0.1) is 6.54 Å². The van der Waals surface area contributed by atoms with Gasteiger partial charge in [-0.05, 0) is 45.9 Å². The van der Waals surface area contributed by atoms with Crippen LogP contribution in [0.3, 0.4) is 0 Å². The molecular formula is C19H25ClN4O2S. The highest BCUT2D eigenvalue weighted by Crippen LogP contribution is 2.19. The number of hydrogen-bond donors (Lipinski definition) is 1. The van der Waals surface area contributed by atoms with Crippen molar-refractivity contribution >= 4 is 40.6 Å². The lowest BCUT2D eigenvalue weighted by molar-refractivity contribution is 0.0767. The lowest BCUT2D eigenvalue weighted by Crippen LogP contribution is -2.39. The van der Waals surface area contributed by atoms with Crippen molar-refractivity contribution in [3.05, 3.63) is 45.4 Å². The molecule has 3 amide bonds. The van der Waals surface area contributed by atoms with Crippen molar-refractivity contribution in [3.8, 4) is 0 Å². The molecule has 0 bridgehead atoms. The number of carbonyl (C=O) groups excluding carboxylic acids is 2. The summed E-state index contributed by atoms with van der Waals surface area (Å²) < 4.78 is 0. The first-order valence-corrected chi connectivity index (χ1v) is 10.2. The van der Waals surface area contributed by atoms with Gasteiger partial charge in [-0.15, -0.1) is 11.3 Å². The minimum atomic E-state index is -0.237. The molecule has 1 N–H and O–H groups in total. The zero-order valence-electron chi connectivity index (χ0n) is 16.0. The van der Waals surface area contributed by atoms with Crippen LogP contribution in [-0.2, 0) is 6.54 Å². The molecule has 0 saturated heterocycles. The molecule has 1 aromatic carbocycles. The van der Waals surface area contributed by atoms with Crippen LogP contribution in [0, 0.1) is 0 Å². The smallest absolute Gasteiger partial charge is 0.322 e. The van der Waals surface area contributed by atoms with Gasteiger partial charge in [0.1, 0.15) is 10.7 Å². The van der Waals surface area contributed by atoms with Gasteiger partial charge in [-0.3, -0.25) is 4.79 Å². The van der Waals surface area contributed by atoms with E-state index in [2.05, 4.69) is 10.3 Å². The summed E-state index contributed by atoms with van der Waals surface area (Å²) >= 11 is 7.36. The number of nitrogens with one attached hydrogen (secondary N) is 1. The van der Waals surface area contributed by atoms with Crippen LogP contribution in [-0.4, -0.2) is 45.9 Å². The Kier molecular flexibility index (Phi) is 7.62. The van der Waals surface area contributed by atoms with Crippen LogP contribution < -0.4 is 5.32 Å². The lowest BCUT2D eigenvalue weighted by Gasteiger charge is -2.26. The Morgan fingerprint density at radius 1 is 1.26 bits per heavy atom. The molecule has 0 aliphatic carbocycles. The van der Waals surface area contributed by atoms with Crippen LogP contribution in [0.15, 0.2) is 29.6 Å². The summed E-state index contributed by atoms with van der Waals surface area (Å²) in [5.41, 5.74) is 1.06.